The van der Waals surface area contributed by atoms with Gasteiger partial charge in [0.05, 0.1) is 0 Å². The van der Waals surface area contributed by atoms with Gasteiger partial charge in [-0.2, -0.15) is 0 Å². The van der Waals surface area contributed by atoms with Gasteiger partial charge in [0.25, 0.3) is 0 Å². The first kappa shape index (κ1) is 15.7. The number of aromatic nitrogens is 1. The lowest BCUT2D eigenvalue weighted by molar-refractivity contribution is -0.111. The summed E-state index contributed by atoms with van der Waals surface area (Å²) in [5, 5.41) is 2.70. The van der Waals surface area contributed by atoms with Crippen LogP contribution in [-0.4, -0.2) is 24.8 Å². The quantitative estimate of drug-likeness (QED) is 0.658. The number of nitrogens with zero attached hydrogens (tertiary/aromatic N) is 1. The zero-order valence-corrected chi connectivity index (χ0v) is 12.6. The molecular formula is C17H18N2O3. The highest BCUT2D eigenvalue weighted by Gasteiger charge is 1.99. The van der Waals surface area contributed by atoms with Crippen LogP contribution in [0.3, 0.4) is 0 Å². The van der Waals surface area contributed by atoms with Crippen LogP contribution < -0.4 is 10.1 Å². The van der Waals surface area contributed by atoms with E-state index in [2.05, 4.69) is 10.3 Å². The van der Waals surface area contributed by atoms with Crippen LogP contribution in [-0.2, 0) is 9.53 Å². The van der Waals surface area contributed by atoms with E-state index < -0.39 is 0 Å². The summed E-state index contributed by atoms with van der Waals surface area (Å²) < 4.78 is 10.1. The molecule has 2 aromatic rings. The number of hydrogen-bond donors (Lipinski definition) is 1. The zero-order chi connectivity index (χ0) is 15.8. The maximum atomic E-state index is 11.8. The minimum atomic E-state index is -0.226. The zero-order valence-electron chi connectivity index (χ0n) is 12.6. The number of benzene rings is 1. The predicted molar refractivity (Wildman–Crippen MR) is 85.6 cm³/mol. The maximum Gasteiger partial charge on any atom is 0.249 e. The van der Waals surface area contributed by atoms with Crippen molar-refractivity contribution in [3.63, 3.8) is 0 Å². The molecule has 1 aromatic heterocycles. The Morgan fingerprint density at radius 1 is 1.23 bits per heavy atom. The molecule has 0 aliphatic rings. The van der Waals surface area contributed by atoms with Crippen molar-refractivity contribution < 1.29 is 14.3 Å². The molecule has 0 radical (unpaired) electrons. The summed E-state index contributed by atoms with van der Waals surface area (Å²) in [7, 11) is 1.57. The molecule has 22 heavy (non-hydrogen) atoms. The van der Waals surface area contributed by atoms with Crippen LogP contribution in [0.25, 0.3) is 6.08 Å². The first-order valence-electron chi connectivity index (χ1n) is 6.81. The first-order valence-corrected chi connectivity index (χ1v) is 6.81. The summed E-state index contributed by atoms with van der Waals surface area (Å²) in [4.78, 5) is 15.9. The summed E-state index contributed by atoms with van der Waals surface area (Å²) in [5.41, 5.74) is 1.95. The minimum absolute atomic E-state index is 0.209. The van der Waals surface area contributed by atoms with E-state index in [-0.39, 0.29) is 12.7 Å². The van der Waals surface area contributed by atoms with Crippen LogP contribution in [0, 0.1) is 6.92 Å². The fourth-order valence-electron chi connectivity index (χ4n) is 1.68. The van der Waals surface area contributed by atoms with Crippen molar-refractivity contribution >= 4 is 17.8 Å². The van der Waals surface area contributed by atoms with Gasteiger partial charge in [-0.3, -0.25) is 4.79 Å². The second-order valence-electron chi connectivity index (χ2n) is 4.66. The van der Waals surface area contributed by atoms with E-state index in [0.29, 0.717) is 11.6 Å². The molecule has 2 rings (SSSR count). The number of pyridine rings is 1. The Kier molecular flexibility index (Phi) is 5.68. The minimum Gasteiger partial charge on any atom is -0.468 e. The lowest BCUT2D eigenvalue weighted by Gasteiger charge is -2.04. The third-order valence-corrected chi connectivity index (χ3v) is 2.81. The van der Waals surface area contributed by atoms with Crippen molar-refractivity contribution in [2.75, 3.05) is 19.2 Å². The molecule has 1 amide bonds. The van der Waals surface area contributed by atoms with Gasteiger partial charge in [0.2, 0.25) is 5.91 Å². The summed E-state index contributed by atoms with van der Waals surface area (Å²) >= 11 is 0. The van der Waals surface area contributed by atoms with Gasteiger partial charge in [0.1, 0.15) is 11.6 Å². The van der Waals surface area contributed by atoms with Gasteiger partial charge in [0, 0.05) is 19.4 Å². The van der Waals surface area contributed by atoms with Crippen LogP contribution in [0.15, 0.2) is 48.7 Å². The number of ether oxygens (including phenoxy) is 2. The molecule has 1 aromatic carbocycles. The fraction of sp³-hybridized carbons (Fsp3) is 0.176. The van der Waals surface area contributed by atoms with Crippen molar-refractivity contribution in [2.24, 2.45) is 0 Å². The highest BCUT2D eigenvalue weighted by molar-refractivity contribution is 6.01. The molecule has 114 valence electrons. The van der Waals surface area contributed by atoms with Gasteiger partial charge in [-0.1, -0.05) is 18.2 Å². The van der Waals surface area contributed by atoms with Crippen molar-refractivity contribution in [3.05, 3.63) is 59.8 Å². The topological polar surface area (TPSA) is 60.5 Å². The number of nitrogens with one attached hydrogen (secondary N) is 1. The highest BCUT2D eigenvalue weighted by Crippen LogP contribution is 2.13. The number of aryl methyl sites for hydroxylation is 1. The Balaban J connectivity index is 1.90. The number of carbonyl (C=O) groups excluding carboxylic acids is 1. The summed E-state index contributed by atoms with van der Waals surface area (Å²) in [6.07, 6.45) is 4.90. The molecule has 0 atom stereocenters. The summed E-state index contributed by atoms with van der Waals surface area (Å²) in [5.74, 6) is 1.02. The van der Waals surface area contributed by atoms with Crippen LogP contribution >= 0.6 is 0 Å². The Morgan fingerprint density at radius 2 is 2.00 bits per heavy atom. The van der Waals surface area contributed by atoms with E-state index in [9.17, 15) is 4.79 Å². The first-order chi connectivity index (χ1) is 10.7. The standard InChI is InChI=1S/C17H18N2O3/c1-13-3-9-16(18-11-13)19-17(20)10-6-14-4-7-15(8-5-14)22-12-21-2/h3-11H,12H2,1-2H3,(H,18,19,20)/b10-6+. The average molecular weight is 298 g/mol. The lowest BCUT2D eigenvalue weighted by atomic mass is 10.2. The Labute approximate surface area is 129 Å². The van der Waals surface area contributed by atoms with Crippen molar-refractivity contribution in [1.82, 2.24) is 4.98 Å². The molecule has 0 unspecified atom stereocenters. The number of amides is 1. The summed E-state index contributed by atoms with van der Waals surface area (Å²) in [6.45, 7) is 2.15. The molecule has 1 heterocycles. The normalized spacial score (nSPS) is 10.6. The molecule has 5 heteroatoms. The number of hydrogen-bond acceptors (Lipinski definition) is 4. The number of rotatable bonds is 6. The molecule has 5 nitrogen and oxygen atoms in total. The lowest BCUT2D eigenvalue weighted by Crippen LogP contribution is -2.08. The molecule has 0 spiro atoms. The Bertz CT molecular complexity index is 634. The SMILES string of the molecule is COCOc1ccc(/C=C/C(=O)Nc2ccc(C)cn2)cc1. The van der Waals surface area contributed by atoms with Crippen molar-refractivity contribution in [1.29, 1.82) is 0 Å². The van der Waals surface area contributed by atoms with E-state index in [4.69, 9.17) is 9.47 Å². The second-order valence-corrected chi connectivity index (χ2v) is 4.66. The Morgan fingerprint density at radius 3 is 2.64 bits per heavy atom. The van der Waals surface area contributed by atoms with Crippen molar-refractivity contribution in [2.45, 2.75) is 6.92 Å². The molecule has 0 aliphatic carbocycles. The molecule has 0 saturated carbocycles. The van der Waals surface area contributed by atoms with E-state index in [0.717, 1.165) is 11.1 Å². The third-order valence-electron chi connectivity index (χ3n) is 2.81. The van der Waals surface area contributed by atoms with Crippen LogP contribution in [0.1, 0.15) is 11.1 Å². The van der Waals surface area contributed by atoms with Crippen LogP contribution in [0.4, 0.5) is 5.82 Å². The number of carbonyl (C=O) groups is 1. The Hall–Kier alpha value is -2.66. The van der Waals surface area contributed by atoms with Gasteiger partial charge >= 0.3 is 0 Å². The van der Waals surface area contributed by atoms with Gasteiger partial charge in [-0.25, -0.2) is 4.98 Å². The third kappa shape index (κ3) is 5.03. The average Bonchev–Trinajstić information content (AvgIpc) is 2.54. The molecule has 1 N–H and O–H groups in total. The molecule has 0 fully saturated rings. The number of methoxy groups -OCH3 is 1. The maximum absolute atomic E-state index is 11.8. The molecule has 0 bridgehead atoms. The summed E-state index contributed by atoms with van der Waals surface area (Å²) in [6, 6.07) is 11.0. The van der Waals surface area contributed by atoms with Gasteiger partial charge in [-0.15, -0.1) is 0 Å². The molecule has 0 saturated heterocycles. The van der Waals surface area contributed by atoms with Crippen LogP contribution in [0.2, 0.25) is 0 Å². The highest BCUT2D eigenvalue weighted by atomic mass is 16.7. The largest absolute Gasteiger partial charge is 0.468 e. The van der Waals surface area contributed by atoms with Gasteiger partial charge in [-0.05, 0) is 42.3 Å². The van der Waals surface area contributed by atoms with Gasteiger partial charge in [0.15, 0.2) is 6.79 Å². The monoisotopic (exact) mass is 298 g/mol. The molecular weight excluding hydrogens is 280 g/mol. The number of anilines is 1. The second kappa shape index (κ2) is 7.95. The fourth-order valence-corrected chi connectivity index (χ4v) is 1.68. The van der Waals surface area contributed by atoms with E-state index in [1.54, 1.807) is 25.4 Å². The predicted octanol–water partition coefficient (Wildman–Crippen LogP) is 3.02. The molecule has 0 aliphatic heterocycles. The van der Waals surface area contributed by atoms with Gasteiger partial charge < -0.3 is 14.8 Å². The van der Waals surface area contributed by atoms with E-state index in [1.807, 2.05) is 37.3 Å². The van der Waals surface area contributed by atoms with Crippen LogP contribution in [0.5, 0.6) is 5.75 Å². The van der Waals surface area contributed by atoms with Crippen molar-refractivity contribution in [3.8, 4) is 5.75 Å². The smallest absolute Gasteiger partial charge is 0.249 e. The van der Waals surface area contributed by atoms with E-state index in [1.165, 1.54) is 6.08 Å². The van der Waals surface area contributed by atoms with E-state index >= 15 is 0 Å².